The largest absolute Gasteiger partial charge is 0.300 e. The van der Waals surface area contributed by atoms with Crippen LogP contribution in [0, 0.1) is 0 Å². The highest BCUT2D eigenvalue weighted by Gasteiger charge is 2.05. The molecule has 0 amide bonds. The van der Waals surface area contributed by atoms with Crippen molar-refractivity contribution in [2.75, 3.05) is 0 Å². The molecule has 0 radical (unpaired) electrons. The van der Waals surface area contributed by atoms with Crippen molar-refractivity contribution in [3.8, 4) is 5.69 Å². The van der Waals surface area contributed by atoms with Gasteiger partial charge < -0.3 is 0 Å². The Bertz CT molecular complexity index is 521. The highest BCUT2D eigenvalue weighted by atomic mass is 35.5. The highest BCUT2D eigenvalue weighted by molar-refractivity contribution is 6.30. The molecule has 0 fully saturated rings. The van der Waals surface area contributed by atoms with Crippen LogP contribution in [0.3, 0.4) is 0 Å². The van der Waals surface area contributed by atoms with Crippen molar-refractivity contribution in [1.29, 1.82) is 0 Å². The van der Waals surface area contributed by atoms with E-state index in [0.29, 0.717) is 17.1 Å². The maximum Gasteiger partial charge on any atom is 0.135 e. The summed E-state index contributed by atoms with van der Waals surface area (Å²) in [6.45, 7) is 1.53. The first-order valence-corrected chi connectivity index (χ1v) is 5.19. The lowest BCUT2D eigenvalue weighted by Crippen LogP contribution is -2.01. The van der Waals surface area contributed by atoms with Crippen molar-refractivity contribution in [2.45, 2.75) is 13.3 Å². The third kappa shape index (κ3) is 2.46. The number of carbonyl (C=O) groups is 1. The van der Waals surface area contributed by atoms with Gasteiger partial charge in [-0.3, -0.25) is 4.79 Å². The molecule has 2 rings (SSSR count). The number of aromatic nitrogens is 3. The normalized spacial score (nSPS) is 10.4. The Balaban J connectivity index is 2.28. The zero-order valence-corrected chi connectivity index (χ0v) is 9.48. The SMILES string of the molecule is CC(=O)Cc1cnn(-c2cccc(Cl)c2)n1. The van der Waals surface area contributed by atoms with Gasteiger partial charge in [0.15, 0.2) is 0 Å². The smallest absolute Gasteiger partial charge is 0.135 e. The Morgan fingerprint density at radius 2 is 2.31 bits per heavy atom. The Kier molecular flexibility index (Phi) is 3.01. The second-order valence-electron chi connectivity index (χ2n) is 3.48. The fraction of sp³-hybridized carbons (Fsp3) is 0.182. The van der Waals surface area contributed by atoms with Gasteiger partial charge in [0.2, 0.25) is 0 Å². The molecule has 0 saturated carbocycles. The van der Waals surface area contributed by atoms with Crippen molar-refractivity contribution in [2.24, 2.45) is 0 Å². The predicted octanol–water partition coefficient (Wildman–Crippen LogP) is 2.05. The van der Waals surface area contributed by atoms with Crippen molar-refractivity contribution in [1.82, 2.24) is 15.0 Å². The monoisotopic (exact) mass is 235 g/mol. The van der Waals surface area contributed by atoms with Crippen molar-refractivity contribution in [3.05, 3.63) is 41.2 Å². The third-order valence-electron chi connectivity index (χ3n) is 2.01. The number of halogens is 1. The average molecular weight is 236 g/mol. The minimum Gasteiger partial charge on any atom is -0.300 e. The first-order chi connectivity index (χ1) is 7.65. The van der Waals surface area contributed by atoms with Gasteiger partial charge in [0.25, 0.3) is 0 Å². The van der Waals surface area contributed by atoms with Crippen molar-refractivity contribution in [3.63, 3.8) is 0 Å². The Morgan fingerprint density at radius 1 is 1.50 bits per heavy atom. The molecule has 0 aliphatic heterocycles. The minimum atomic E-state index is 0.0677. The molecule has 1 aromatic carbocycles. The molecular formula is C11H10ClN3O. The maximum atomic E-state index is 10.9. The van der Waals surface area contributed by atoms with Gasteiger partial charge in [0.1, 0.15) is 5.78 Å². The van der Waals surface area contributed by atoms with Crippen molar-refractivity contribution < 1.29 is 4.79 Å². The van der Waals surface area contributed by atoms with E-state index in [9.17, 15) is 4.79 Å². The van der Waals surface area contributed by atoms with E-state index in [2.05, 4.69) is 10.2 Å². The maximum absolute atomic E-state index is 10.9. The number of rotatable bonds is 3. The van der Waals surface area contributed by atoms with Crippen LogP contribution in [0.5, 0.6) is 0 Å². The molecule has 16 heavy (non-hydrogen) atoms. The van der Waals surface area contributed by atoms with Crippen molar-refractivity contribution >= 4 is 17.4 Å². The average Bonchev–Trinajstić information content (AvgIpc) is 2.65. The van der Waals surface area contributed by atoms with Crippen LogP contribution in [0.15, 0.2) is 30.5 Å². The molecule has 1 heterocycles. The van der Waals surface area contributed by atoms with E-state index in [1.807, 2.05) is 12.1 Å². The lowest BCUT2D eigenvalue weighted by molar-refractivity contribution is -0.116. The number of nitrogens with zero attached hydrogens (tertiary/aromatic N) is 3. The summed E-state index contributed by atoms with van der Waals surface area (Å²) in [5.41, 5.74) is 1.44. The second kappa shape index (κ2) is 4.45. The first-order valence-electron chi connectivity index (χ1n) is 4.82. The van der Waals surface area contributed by atoms with Crippen LogP contribution in [0.2, 0.25) is 5.02 Å². The van der Waals surface area contributed by atoms with E-state index in [0.717, 1.165) is 5.69 Å². The van der Waals surface area contributed by atoms with E-state index >= 15 is 0 Å². The van der Waals surface area contributed by atoms with E-state index in [-0.39, 0.29) is 5.78 Å². The zero-order chi connectivity index (χ0) is 11.5. The van der Waals surface area contributed by atoms with Gasteiger partial charge >= 0.3 is 0 Å². The Labute approximate surface area is 97.8 Å². The molecule has 0 aliphatic rings. The van der Waals surface area contributed by atoms with Gasteiger partial charge in [-0.25, -0.2) is 0 Å². The molecule has 5 heteroatoms. The van der Waals surface area contributed by atoms with E-state index in [1.54, 1.807) is 18.3 Å². The third-order valence-corrected chi connectivity index (χ3v) is 2.24. The molecule has 0 unspecified atom stereocenters. The molecule has 0 atom stereocenters. The molecule has 82 valence electrons. The van der Waals surface area contributed by atoms with Gasteiger partial charge in [-0.2, -0.15) is 15.0 Å². The van der Waals surface area contributed by atoms with Crippen LogP contribution in [0.4, 0.5) is 0 Å². The lowest BCUT2D eigenvalue weighted by atomic mass is 10.2. The number of ketones is 1. The molecule has 1 aromatic heterocycles. The van der Waals surface area contributed by atoms with Crippen LogP contribution in [0.1, 0.15) is 12.6 Å². The van der Waals surface area contributed by atoms with Gasteiger partial charge in [0, 0.05) is 5.02 Å². The van der Waals surface area contributed by atoms with Crippen LogP contribution >= 0.6 is 11.6 Å². The number of hydrogen-bond donors (Lipinski definition) is 0. The summed E-state index contributed by atoms with van der Waals surface area (Å²) < 4.78 is 0. The van der Waals surface area contributed by atoms with Crippen LogP contribution in [-0.4, -0.2) is 20.8 Å². The number of benzene rings is 1. The van der Waals surface area contributed by atoms with Crippen LogP contribution in [-0.2, 0) is 11.2 Å². The number of carbonyl (C=O) groups excluding carboxylic acids is 1. The van der Waals surface area contributed by atoms with E-state index in [4.69, 9.17) is 11.6 Å². The molecular weight excluding hydrogens is 226 g/mol. The van der Waals surface area contributed by atoms with Gasteiger partial charge in [-0.1, -0.05) is 17.7 Å². The zero-order valence-electron chi connectivity index (χ0n) is 8.72. The summed E-state index contributed by atoms with van der Waals surface area (Å²) in [4.78, 5) is 12.4. The first kappa shape index (κ1) is 10.8. The quantitative estimate of drug-likeness (QED) is 0.818. The summed E-state index contributed by atoms with van der Waals surface area (Å²) in [6, 6.07) is 7.22. The fourth-order valence-corrected chi connectivity index (χ4v) is 1.54. The molecule has 0 N–H and O–H groups in total. The summed E-state index contributed by atoms with van der Waals surface area (Å²) >= 11 is 5.86. The predicted molar refractivity (Wildman–Crippen MR) is 60.8 cm³/mol. The highest BCUT2D eigenvalue weighted by Crippen LogP contribution is 2.13. The standard InChI is InChI=1S/C11H10ClN3O/c1-8(16)5-10-7-13-15(14-10)11-4-2-3-9(12)6-11/h2-4,6-7H,5H2,1H3. The summed E-state index contributed by atoms with van der Waals surface area (Å²) in [5.74, 6) is 0.0677. The van der Waals surface area contributed by atoms with E-state index in [1.165, 1.54) is 11.7 Å². The summed E-state index contributed by atoms with van der Waals surface area (Å²) in [7, 11) is 0. The Morgan fingerprint density at radius 3 is 3.00 bits per heavy atom. The molecule has 0 bridgehead atoms. The lowest BCUT2D eigenvalue weighted by Gasteiger charge is -1.98. The minimum absolute atomic E-state index is 0.0677. The molecule has 0 spiro atoms. The topological polar surface area (TPSA) is 47.8 Å². The van der Waals surface area contributed by atoms with Gasteiger partial charge in [-0.15, -0.1) is 0 Å². The van der Waals surface area contributed by atoms with E-state index < -0.39 is 0 Å². The molecule has 2 aromatic rings. The van der Waals surface area contributed by atoms with Gasteiger partial charge in [0.05, 0.1) is 24.0 Å². The summed E-state index contributed by atoms with van der Waals surface area (Å²) in [5, 5.41) is 8.89. The number of Topliss-reactive ketones (excluding diaryl/α,β-unsaturated/α-hetero) is 1. The van der Waals surface area contributed by atoms with Crippen LogP contribution < -0.4 is 0 Å². The van der Waals surface area contributed by atoms with Crippen LogP contribution in [0.25, 0.3) is 5.69 Å². The fourth-order valence-electron chi connectivity index (χ4n) is 1.36. The summed E-state index contributed by atoms with van der Waals surface area (Å²) in [6.07, 6.45) is 1.89. The molecule has 0 saturated heterocycles. The number of hydrogen-bond acceptors (Lipinski definition) is 3. The second-order valence-corrected chi connectivity index (χ2v) is 3.92. The molecule has 0 aliphatic carbocycles. The molecule has 4 nitrogen and oxygen atoms in total. The Hall–Kier alpha value is -1.68. The van der Waals surface area contributed by atoms with Gasteiger partial charge in [-0.05, 0) is 25.1 Å².